The van der Waals surface area contributed by atoms with Gasteiger partial charge in [-0.25, -0.2) is 0 Å². The molecule has 2 aromatic rings. The fraction of sp³-hybridized carbons (Fsp3) is 0.375. The summed E-state index contributed by atoms with van der Waals surface area (Å²) in [4.78, 5) is 29.0. The van der Waals surface area contributed by atoms with Crippen LogP contribution in [0.1, 0.15) is 18.4 Å². The zero-order valence-corrected chi connectivity index (χ0v) is 13.9. The summed E-state index contributed by atoms with van der Waals surface area (Å²) < 4.78 is 0. The maximum Gasteiger partial charge on any atom is 0.303 e. The fourth-order valence-electron chi connectivity index (χ4n) is 2.85. The van der Waals surface area contributed by atoms with E-state index >= 15 is 0 Å². The van der Waals surface area contributed by atoms with Gasteiger partial charge in [0.1, 0.15) is 0 Å². The van der Waals surface area contributed by atoms with Gasteiger partial charge in [0.05, 0.1) is 4.92 Å². The average Bonchev–Trinajstić information content (AvgIpc) is 3.11. The SMILES string of the molecule is O=C(NCc1cccnc1)C1CCN(c2sccc2[N+](=O)[O-])CC1. The van der Waals surface area contributed by atoms with Crippen LogP contribution in [-0.4, -0.2) is 28.9 Å². The third-order valence-electron chi connectivity index (χ3n) is 4.16. The molecule has 126 valence electrons. The molecule has 0 radical (unpaired) electrons. The molecule has 0 bridgehead atoms. The Morgan fingerprint density at radius 1 is 1.42 bits per heavy atom. The topological polar surface area (TPSA) is 88.4 Å². The normalized spacial score (nSPS) is 15.2. The van der Waals surface area contributed by atoms with Gasteiger partial charge < -0.3 is 10.2 Å². The summed E-state index contributed by atoms with van der Waals surface area (Å²) in [5.41, 5.74) is 1.12. The van der Waals surface area contributed by atoms with Crippen molar-refractivity contribution in [3.05, 3.63) is 51.7 Å². The van der Waals surface area contributed by atoms with E-state index in [4.69, 9.17) is 0 Å². The van der Waals surface area contributed by atoms with Crippen molar-refractivity contribution in [1.29, 1.82) is 0 Å². The van der Waals surface area contributed by atoms with Crippen LogP contribution in [-0.2, 0) is 11.3 Å². The van der Waals surface area contributed by atoms with Gasteiger partial charge in [0.25, 0.3) is 0 Å². The van der Waals surface area contributed by atoms with Crippen molar-refractivity contribution in [2.45, 2.75) is 19.4 Å². The van der Waals surface area contributed by atoms with Gasteiger partial charge in [0.15, 0.2) is 5.00 Å². The number of thiophene rings is 1. The summed E-state index contributed by atoms with van der Waals surface area (Å²) in [6.45, 7) is 1.79. The first-order valence-corrected chi connectivity index (χ1v) is 8.66. The lowest BCUT2D eigenvalue weighted by Crippen LogP contribution is -2.40. The largest absolute Gasteiger partial charge is 0.358 e. The number of carbonyl (C=O) groups is 1. The number of hydrogen-bond acceptors (Lipinski definition) is 6. The molecule has 0 aromatic carbocycles. The summed E-state index contributed by atoms with van der Waals surface area (Å²) in [6.07, 6.45) is 4.84. The van der Waals surface area contributed by atoms with E-state index < -0.39 is 0 Å². The molecule has 0 spiro atoms. The number of amides is 1. The lowest BCUT2D eigenvalue weighted by Gasteiger charge is -2.31. The first-order chi connectivity index (χ1) is 11.6. The second kappa shape index (κ2) is 7.39. The van der Waals surface area contributed by atoms with Crippen molar-refractivity contribution in [2.75, 3.05) is 18.0 Å². The molecular weight excluding hydrogens is 328 g/mol. The van der Waals surface area contributed by atoms with Crippen LogP contribution in [0.15, 0.2) is 36.0 Å². The lowest BCUT2D eigenvalue weighted by molar-refractivity contribution is -0.383. The van der Waals surface area contributed by atoms with Gasteiger partial charge in [0.2, 0.25) is 5.91 Å². The molecule has 3 rings (SSSR count). The highest BCUT2D eigenvalue weighted by Gasteiger charge is 2.28. The van der Waals surface area contributed by atoms with Crippen molar-refractivity contribution < 1.29 is 9.72 Å². The molecule has 0 aliphatic carbocycles. The van der Waals surface area contributed by atoms with E-state index in [2.05, 4.69) is 10.3 Å². The van der Waals surface area contributed by atoms with Gasteiger partial charge in [-0.15, -0.1) is 11.3 Å². The second-order valence-corrected chi connectivity index (χ2v) is 6.60. The maximum absolute atomic E-state index is 12.3. The molecule has 7 nitrogen and oxygen atoms in total. The Kier molecular flexibility index (Phi) is 5.05. The Labute approximate surface area is 143 Å². The van der Waals surface area contributed by atoms with Crippen LogP contribution in [0.5, 0.6) is 0 Å². The first kappa shape index (κ1) is 16.4. The molecule has 2 aromatic heterocycles. The van der Waals surface area contributed by atoms with Crippen LogP contribution in [0.3, 0.4) is 0 Å². The molecule has 0 atom stereocenters. The number of nitrogens with zero attached hydrogens (tertiary/aromatic N) is 3. The predicted octanol–water partition coefficient (Wildman–Crippen LogP) is 2.58. The van der Waals surface area contributed by atoms with Crippen molar-refractivity contribution in [2.24, 2.45) is 5.92 Å². The molecule has 1 aliphatic heterocycles. The Balaban J connectivity index is 1.52. The van der Waals surface area contributed by atoms with Gasteiger partial charge >= 0.3 is 5.69 Å². The van der Waals surface area contributed by atoms with Gasteiger partial charge in [-0.3, -0.25) is 19.9 Å². The Morgan fingerprint density at radius 3 is 2.88 bits per heavy atom. The number of nitrogens with one attached hydrogen (secondary N) is 1. The van der Waals surface area contributed by atoms with Crippen LogP contribution in [0.2, 0.25) is 0 Å². The monoisotopic (exact) mass is 346 g/mol. The van der Waals surface area contributed by atoms with E-state index in [-0.39, 0.29) is 22.4 Å². The number of pyridine rings is 1. The summed E-state index contributed by atoms with van der Waals surface area (Å²) in [5.74, 6) is -0.00359. The fourth-order valence-corrected chi connectivity index (χ4v) is 3.77. The molecular formula is C16H18N4O3S. The van der Waals surface area contributed by atoms with Gasteiger partial charge in [-0.05, 0) is 29.9 Å². The van der Waals surface area contributed by atoms with E-state index in [1.165, 1.54) is 17.4 Å². The highest BCUT2D eigenvalue weighted by molar-refractivity contribution is 7.14. The second-order valence-electron chi connectivity index (χ2n) is 5.71. The molecule has 1 saturated heterocycles. The molecule has 0 saturated carbocycles. The highest BCUT2D eigenvalue weighted by atomic mass is 32.1. The van der Waals surface area contributed by atoms with Gasteiger partial charge in [0, 0.05) is 44.0 Å². The van der Waals surface area contributed by atoms with Crippen LogP contribution in [0.25, 0.3) is 0 Å². The van der Waals surface area contributed by atoms with Crippen molar-refractivity contribution in [1.82, 2.24) is 10.3 Å². The summed E-state index contributed by atoms with van der Waals surface area (Å²) >= 11 is 1.38. The molecule has 3 heterocycles. The predicted molar refractivity (Wildman–Crippen MR) is 92.0 cm³/mol. The van der Waals surface area contributed by atoms with E-state index in [9.17, 15) is 14.9 Å². The molecule has 0 unspecified atom stereocenters. The van der Waals surface area contributed by atoms with Crippen LogP contribution >= 0.6 is 11.3 Å². The zero-order chi connectivity index (χ0) is 16.9. The lowest BCUT2D eigenvalue weighted by atomic mass is 9.96. The average molecular weight is 346 g/mol. The minimum Gasteiger partial charge on any atom is -0.358 e. The summed E-state index contributed by atoms with van der Waals surface area (Å²) in [7, 11) is 0. The number of hydrogen-bond donors (Lipinski definition) is 1. The van der Waals surface area contributed by atoms with Crippen LogP contribution < -0.4 is 10.2 Å². The number of piperidine rings is 1. The molecule has 24 heavy (non-hydrogen) atoms. The Morgan fingerprint density at radius 2 is 2.21 bits per heavy atom. The van der Waals surface area contributed by atoms with E-state index in [1.54, 1.807) is 17.8 Å². The first-order valence-electron chi connectivity index (χ1n) is 7.78. The van der Waals surface area contributed by atoms with Crippen LogP contribution in [0, 0.1) is 16.0 Å². The van der Waals surface area contributed by atoms with E-state index in [0.717, 1.165) is 5.56 Å². The minimum absolute atomic E-state index is 0.0409. The van der Waals surface area contributed by atoms with E-state index in [1.807, 2.05) is 17.0 Å². The van der Waals surface area contributed by atoms with Crippen molar-refractivity contribution >= 4 is 27.9 Å². The summed E-state index contributed by atoms with van der Waals surface area (Å²) in [6, 6.07) is 5.30. The number of rotatable bonds is 5. The van der Waals surface area contributed by atoms with Crippen molar-refractivity contribution in [3.8, 4) is 0 Å². The minimum atomic E-state index is -0.349. The maximum atomic E-state index is 12.3. The zero-order valence-electron chi connectivity index (χ0n) is 13.1. The molecule has 1 fully saturated rings. The number of carbonyl (C=O) groups excluding carboxylic acids is 1. The Bertz CT molecular complexity index is 711. The number of anilines is 1. The third kappa shape index (κ3) is 3.70. The van der Waals surface area contributed by atoms with Crippen LogP contribution in [0.4, 0.5) is 10.7 Å². The van der Waals surface area contributed by atoms with Gasteiger partial charge in [-0.1, -0.05) is 6.07 Å². The van der Waals surface area contributed by atoms with Gasteiger partial charge in [-0.2, -0.15) is 0 Å². The summed E-state index contributed by atoms with van der Waals surface area (Å²) in [5, 5.41) is 16.4. The quantitative estimate of drug-likeness (QED) is 0.664. The Hall–Kier alpha value is -2.48. The highest BCUT2D eigenvalue weighted by Crippen LogP contribution is 2.36. The standard InChI is InChI=1S/C16H18N4O3S/c21-15(18-11-12-2-1-6-17-10-12)13-3-7-19(8-4-13)16-14(20(22)23)5-9-24-16/h1-2,5-6,9-10,13H,3-4,7-8,11H2,(H,18,21). The molecule has 1 N–H and O–H groups in total. The number of aromatic nitrogens is 1. The van der Waals surface area contributed by atoms with E-state index in [0.29, 0.717) is 37.5 Å². The van der Waals surface area contributed by atoms with Crippen molar-refractivity contribution in [3.63, 3.8) is 0 Å². The smallest absolute Gasteiger partial charge is 0.303 e. The number of nitro groups is 1. The molecule has 1 aliphatic rings. The molecule has 8 heteroatoms. The molecule has 1 amide bonds. The third-order valence-corrected chi connectivity index (χ3v) is 5.13.